The van der Waals surface area contributed by atoms with E-state index in [1.165, 1.54) is 42.5 Å². The van der Waals surface area contributed by atoms with E-state index < -0.39 is 18.0 Å². The van der Waals surface area contributed by atoms with Crippen LogP contribution in [0.15, 0.2) is 47.6 Å². The molecule has 3 rings (SSSR count). The molecule has 4 N–H and O–H groups in total. The SMILES string of the molecule is COc1cc([C@H]2Oc3cc(O)c(CCC=C(C)CCC=C(C)C)c(O)c3C(=O)[C@@H]2O)ccc1O. The van der Waals surface area contributed by atoms with E-state index in [1.807, 2.05) is 6.92 Å². The number of aliphatic hydroxyl groups is 1. The van der Waals surface area contributed by atoms with Gasteiger partial charge in [0.25, 0.3) is 0 Å². The van der Waals surface area contributed by atoms with Gasteiger partial charge in [-0.05, 0) is 64.2 Å². The number of carbonyl (C=O) groups is 1. The molecule has 1 aliphatic heterocycles. The van der Waals surface area contributed by atoms with Crippen molar-refractivity contribution in [3.8, 4) is 28.7 Å². The third kappa shape index (κ3) is 5.37. The first-order valence-corrected chi connectivity index (χ1v) is 11.3. The molecule has 182 valence electrons. The average Bonchev–Trinajstić information content (AvgIpc) is 2.78. The van der Waals surface area contributed by atoms with Crippen LogP contribution in [-0.2, 0) is 6.42 Å². The minimum Gasteiger partial charge on any atom is -0.507 e. The monoisotopic (exact) mass is 468 g/mol. The average molecular weight is 469 g/mol. The molecule has 0 unspecified atom stereocenters. The number of phenols is 3. The maximum Gasteiger partial charge on any atom is 0.202 e. The van der Waals surface area contributed by atoms with Gasteiger partial charge < -0.3 is 29.9 Å². The number of carbonyl (C=O) groups excluding carboxylic acids is 1. The van der Waals surface area contributed by atoms with Gasteiger partial charge in [-0.3, -0.25) is 4.79 Å². The van der Waals surface area contributed by atoms with E-state index in [4.69, 9.17) is 9.47 Å². The fourth-order valence-corrected chi connectivity index (χ4v) is 4.01. The highest BCUT2D eigenvalue weighted by Crippen LogP contribution is 2.45. The van der Waals surface area contributed by atoms with Gasteiger partial charge in [0.2, 0.25) is 5.78 Å². The van der Waals surface area contributed by atoms with Crippen LogP contribution in [0.1, 0.15) is 67.6 Å². The summed E-state index contributed by atoms with van der Waals surface area (Å²) in [5, 5.41) is 41.8. The predicted octanol–water partition coefficient (Wildman–Crippen LogP) is 5.11. The van der Waals surface area contributed by atoms with E-state index in [1.54, 1.807) is 0 Å². The summed E-state index contributed by atoms with van der Waals surface area (Å²) in [5.41, 5.74) is 2.97. The molecule has 0 saturated heterocycles. The van der Waals surface area contributed by atoms with Crippen molar-refractivity contribution in [3.05, 3.63) is 64.3 Å². The summed E-state index contributed by atoms with van der Waals surface area (Å²) in [7, 11) is 1.38. The summed E-state index contributed by atoms with van der Waals surface area (Å²) in [4.78, 5) is 13.0. The Morgan fingerprint density at radius 3 is 2.47 bits per heavy atom. The topological polar surface area (TPSA) is 116 Å². The molecule has 0 aromatic heterocycles. The minimum absolute atomic E-state index is 0.0143. The Hall–Kier alpha value is -3.45. The van der Waals surface area contributed by atoms with Gasteiger partial charge >= 0.3 is 0 Å². The van der Waals surface area contributed by atoms with Crippen LogP contribution in [0.2, 0.25) is 0 Å². The Balaban J connectivity index is 1.83. The van der Waals surface area contributed by atoms with Crippen LogP contribution >= 0.6 is 0 Å². The number of ether oxygens (including phenoxy) is 2. The van der Waals surface area contributed by atoms with Crippen LogP contribution in [0.5, 0.6) is 28.7 Å². The number of rotatable bonds is 8. The van der Waals surface area contributed by atoms with Crippen LogP contribution in [-0.4, -0.2) is 39.4 Å². The first-order chi connectivity index (χ1) is 16.1. The first-order valence-electron chi connectivity index (χ1n) is 11.3. The maximum absolute atomic E-state index is 13.0. The number of ketones is 1. The summed E-state index contributed by atoms with van der Waals surface area (Å²) >= 11 is 0. The predicted molar refractivity (Wildman–Crippen MR) is 129 cm³/mol. The van der Waals surface area contributed by atoms with Gasteiger partial charge in [-0.15, -0.1) is 0 Å². The van der Waals surface area contributed by atoms with Gasteiger partial charge in [-0.25, -0.2) is 0 Å². The number of aromatic hydroxyl groups is 3. The molecule has 0 saturated carbocycles. The summed E-state index contributed by atoms with van der Waals surface area (Å²) < 4.78 is 10.9. The Kier molecular flexibility index (Phi) is 7.89. The number of hydrogen-bond acceptors (Lipinski definition) is 7. The number of methoxy groups -OCH3 is 1. The van der Waals surface area contributed by atoms with Crippen molar-refractivity contribution in [2.45, 2.75) is 58.7 Å². The summed E-state index contributed by atoms with van der Waals surface area (Å²) in [5.74, 6) is -1.21. The van der Waals surface area contributed by atoms with Gasteiger partial charge in [0.1, 0.15) is 22.8 Å². The fourth-order valence-electron chi connectivity index (χ4n) is 4.01. The Labute approximate surface area is 199 Å². The van der Waals surface area contributed by atoms with Crippen LogP contribution in [0.4, 0.5) is 0 Å². The zero-order chi connectivity index (χ0) is 25.0. The van der Waals surface area contributed by atoms with Crippen molar-refractivity contribution in [2.75, 3.05) is 7.11 Å². The molecule has 0 amide bonds. The molecule has 7 nitrogen and oxygen atoms in total. The Morgan fingerprint density at radius 1 is 1.06 bits per heavy atom. The second-order valence-corrected chi connectivity index (χ2v) is 8.78. The third-order valence-electron chi connectivity index (χ3n) is 5.91. The molecule has 0 bridgehead atoms. The van der Waals surface area contributed by atoms with Gasteiger partial charge in [-0.2, -0.15) is 0 Å². The van der Waals surface area contributed by atoms with Crippen LogP contribution in [0, 0.1) is 0 Å². The van der Waals surface area contributed by atoms with Crippen molar-refractivity contribution in [1.82, 2.24) is 0 Å². The van der Waals surface area contributed by atoms with E-state index >= 15 is 0 Å². The number of benzene rings is 2. The first kappa shape index (κ1) is 25.2. The van der Waals surface area contributed by atoms with Gasteiger partial charge in [-0.1, -0.05) is 29.4 Å². The normalized spacial score (nSPS) is 17.7. The number of Topliss-reactive ketones (excluding diaryl/α,β-unsaturated/α-hetero) is 1. The third-order valence-corrected chi connectivity index (χ3v) is 5.91. The van der Waals surface area contributed by atoms with Crippen LogP contribution in [0.3, 0.4) is 0 Å². The Bertz CT molecular complexity index is 1130. The Morgan fingerprint density at radius 2 is 1.79 bits per heavy atom. The lowest BCUT2D eigenvalue weighted by Gasteiger charge is -2.31. The molecular weight excluding hydrogens is 436 g/mol. The smallest absolute Gasteiger partial charge is 0.202 e. The molecule has 2 aromatic carbocycles. The number of hydrogen-bond donors (Lipinski definition) is 4. The highest BCUT2D eigenvalue weighted by atomic mass is 16.5. The number of fused-ring (bicyclic) bond motifs is 1. The lowest BCUT2D eigenvalue weighted by Crippen LogP contribution is -2.36. The number of aliphatic hydroxyl groups excluding tert-OH is 1. The highest BCUT2D eigenvalue weighted by Gasteiger charge is 2.40. The number of phenolic OH excluding ortho intramolecular Hbond substituents is 3. The van der Waals surface area contributed by atoms with E-state index in [9.17, 15) is 25.2 Å². The second kappa shape index (κ2) is 10.7. The lowest BCUT2D eigenvalue weighted by atomic mass is 9.90. The summed E-state index contributed by atoms with van der Waals surface area (Å²) in [6, 6.07) is 5.63. The number of allylic oxidation sites excluding steroid dienone is 4. The van der Waals surface area contributed by atoms with Gasteiger partial charge in [0, 0.05) is 11.6 Å². The standard InChI is InChI=1S/C27H32O7/c1-15(2)7-5-8-16(3)9-6-10-18-20(29)14-22-23(24(18)30)25(31)26(32)27(34-22)17-11-12-19(28)21(13-17)33-4/h7,9,11-14,26-30,32H,5-6,8,10H2,1-4H3/t26-,27+/m0/s1. The van der Waals surface area contributed by atoms with E-state index in [-0.39, 0.29) is 39.9 Å². The molecule has 1 aliphatic rings. The summed E-state index contributed by atoms with van der Waals surface area (Å²) in [6.07, 6.45) is 4.34. The molecule has 7 heteroatoms. The molecule has 1 heterocycles. The highest BCUT2D eigenvalue weighted by molar-refractivity contribution is 6.06. The fraction of sp³-hybridized carbons (Fsp3) is 0.370. The van der Waals surface area contributed by atoms with Crippen molar-refractivity contribution >= 4 is 5.78 Å². The van der Waals surface area contributed by atoms with Crippen molar-refractivity contribution in [3.63, 3.8) is 0 Å². The maximum atomic E-state index is 13.0. The quantitative estimate of drug-likeness (QED) is 0.398. The largest absolute Gasteiger partial charge is 0.507 e. The lowest BCUT2D eigenvalue weighted by molar-refractivity contribution is 0.0209. The molecule has 0 aliphatic carbocycles. The van der Waals surface area contributed by atoms with E-state index in [0.29, 0.717) is 18.4 Å². The van der Waals surface area contributed by atoms with Crippen molar-refractivity contribution in [2.24, 2.45) is 0 Å². The second-order valence-electron chi connectivity index (χ2n) is 8.78. The van der Waals surface area contributed by atoms with E-state index in [2.05, 4.69) is 26.0 Å². The zero-order valence-electron chi connectivity index (χ0n) is 20.0. The summed E-state index contributed by atoms with van der Waals surface area (Å²) in [6.45, 7) is 6.16. The molecule has 34 heavy (non-hydrogen) atoms. The molecular formula is C27H32O7. The van der Waals surface area contributed by atoms with Gasteiger partial charge in [0.15, 0.2) is 23.7 Å². The van der Waals surface area contributed by atoms with Crippen molar-refractivity contribution < 1.29 is 34.7 Å². The molecule has 2 atom stereocenters. The van der Waals surface area contributed by atoms with Crippen LogP contribution in [0.25, 0.3) is 0 Å². The van der Waals surface area contributed by atoms with Crippen molar-refractivity contribution in [1.29, 1.82) is 0 Å². The zero-order valence-corrected chi connectivity index (χ0v) is 20.0. The molecule has 0 radical (unpaired) electrons. The molecule has 0 spiro atoms. The molecule has 0 fully saturated rings. The van der Waals surface area contributed by atoms with Gasteiger partial charge in [0.05, 0.1) is 7.11 Å². The molecule has 2 aromatic rings. The van der Waals surface area contributed by atoms with Crippen LogP contribution < -0.4 is 9.47 Å². The minimum atomic E-state index is -1.58. The van der Waals surface area contributed by atoms with E-state index in [0.717, 1.165) is 12.8 Å².